The van der Waals surface area contributed by atoms with Crippen LogP contribution < -0.4 is 0 Å². The molecule has 2 fully saturated rings. The van der Waals surface area contributed by atoms with E-state index in [2.05, 4.69) is 40.1 Å². The highest BCUT2D eigenvalue weighted by Crippen LogP contribution is 2.50. The van der Waals surface area contributed by atoms with Crippen LogP contribution in [0.25, 0.3) is 6.08 Å². The first kappa shape index (κ1) is 24.6. The van der Waals surface area contributed by atoms with Crippen molar-refractivity contribution in [3.63, 3.8) is 0 Å². The monoisotopic (exact) mass is 484 g/mol. The molecule has 8 nitrogen and oxygen atoms in total. The Morgan fingerprint density at radius 1 is 0.912 bits per heavy atom. The van der Waals surface area contributed by atoms with Crippen molar-refractivity contribution in [2.75, 3.05) is 0 Å². The van der Waals surface area contributed by atoms with Crippen LogP contribution in [0.1, 0.15) is 57.9 Å². The fraction of sp³-hybridized carbons (Fsp3) is 0.520. The molecule has 9 heteroatoms. The molecule has 2 N–H and O–H groups in total. The Morgan fingerprint density at radius 2 is 1.50 bits per heavy atom. The lowest BCUT2D eigenvalue weighted by molar-refractivity contribution is -0.0298. The predicted octanol–water partition coefficient (Wildman–Crippen LogP) is 4.15. The smallest absolute Gasteiger partial charge is 0.137 e. The molecule has 34 heavy (non-hydrogen) atoms. The van der Waals surface area contributed by atoms with Gasteiger partial charge in [-0.15, -0.1) is 0 Å². The lowest BCUT2D eigenvalue weighted by Crippen LogP contribution is -2.45. The normalized spacial score (nSPS) is 24.2. The highest BCUT2D eigenvalue weighted by atomic mass is 35.5. The van der Waals surface area contributed by atoms with Crippen LogP contribution in [0, 0.1) is 5.41 Å². The Balaban J connectivity index is 0.000000192. The second kappa shape index (κ2) is 9.98. The number of rotatable bonds is 5. The van der Waals surface area contributed by atoms with Gasteiger partial charge in [-0.3, -0.25) is 4.68 Å². The lowest BCUT2D eigenvalue weighted by Gasteiger charge is -2.37. The summed E-state index contributed by atoms with van der Waals surface area (Å²) in [7, 11) is 0. The molecule has 0 radical (unpaired) electrons. The molecule has 5 rings (SSSR count). The summed E-state index contributed by atoms with van der Waals surface area (Å²) in [6.07, 6.45) is 14.2. The molecule has 2 saturated carbocycles. The van der Waals surface area contributed by atoms with Gasteiger partial charge in [-0.05, 0) is 54.4 Å². The van der Waals surface area contributed by atoms with Crippen molar-refractivity contribution >= 4 is 17.7 Å². The maximum atomic E-state index is 11.4. The second-order valence-corrected chi connectivity index (χ2v) is 10.5. The Kier molecular flexibility index (Phi) is 7.21. The number of hydrogen-bond acceptors (Lipinski definition) is 6. The fourth-order valence-corrected chi connectivity index (χ4v) is 5.04. The van der Waals surface area contributed by atoms with Gasteiger partial charge in [0.25, 0.3) is 0 Å². The quantitative estimate of drug-likeness (QED) is 0.564. The summed E-state index contributed by atoms with van der Waals surface area (Å²) in [5, 5.41) is 30.2. The van der Waals surface area contributed by atoms with Gasteiger partial charge in [0.2, 0.25) is 0 Å². The first-order chi connectivity index (χ1) is 16.2. The van der Waals surface area contributed by atoms with Crippen LogP contribution in [-0.4, -0.2) is 50.9 Å². The van der Waals surface area contributed by atoms with Crippen LogP contribution in [0.3, 0.4) is 0 Å². The number of hydrogen-bond donors (Lipinski definition) is 2. The maximum Gasteiger partial charge on any atom is 0.137 e. The summed E-state index contributed by atoms with van der Waals surface area (Å²) in [5.41, 5.74) is 0.426. The lowest BCUT2D eigenvalue weighted by atomic mass is 9.76. The van der Waals surface area contributed by atoms with Crippen molar-refractivity contribution in [2.45, 2.75) is 76.7 Å². The zero-order valence-electron chi connectivity index (χ0n) is 19.8. The van der Waals surface area contributed by atoms with Crippen molar-refractivity contribution in [3.8, 4) is 0 Å². The highest BCUT2D eigenvalue weighted by molar-refractivity contribution is 6.30. The van der Waals surface area contributed by atoms with Crippen molar-refractivity contribution in [1.29, 1.82) is 0 Å². The maximum absolute atomic E-state index is 11.4. The largest absolute Gasteiger partial charge is 0.388 e. The predicted molar refractivity (Wildman–Crippen MR) is 131 cm³/mol. The number of benzene rings is 1. The molecule has 2 aliphatic rings. The summed E-state index contributed by atoms with van der Waals surface area (Å²) < 4.78 is 3.40. The first-order valence-electron chi connectivity index (χ1n) is 11.8. The van der Waals surface area contributed by atoms with E-state index in [1.54, 1.807) is 22.0 Å². The zero-order valence-corrected chi connectivity index (χ0v) is 20.6. The third kappa shape index (κ3) is 5.56. The van der Waals surface area contributed by atoms with Crippen molar-refractivity contribution in [1.82, 2.24) is 29.5 Å². The summed E-state index contributed by atoms with van der Waals surface area (Å²) >= 11 is 5.94. The molecule has 1 aromatic carbocycles. The van der Waals surface area contributed by atoms with Gasteiger partial charge >= 0.3 is 0 Å². The van der Waals surface area contributed by atoms with Crippen LogP contribution in [0.2, 0.25) is 5.02 Å². The SMILES string of the molecule is CC1(C)CC/C(=C\c2ccc(Cl)cc2)C1(O)Cn1cncn1.OC1(Cn2cncn2)CCCC1. The van der Waals surface area contributed by atoms with E-state index in [0.717, 1.165) is 49.7 Å². The Bertz CT molecular complexity index is 1070. The van der Waals surface area contributed by atoms with Crippen LogP contribution in [0.4, 0.5) is 0 Å². The third-order valence-corrected chi connectivity index (χ3v) is 7.45. The van der Waals surface area contributed by atoms with Gasteiger partial charge in [0.1, 0.15) is 30.9 Å². The van der Waals surface area contributed by atoms with Gasteiger partial charge in [-0.2, -0.15) is 10.2 Å². The molecule has 0 saturated heterocycles. The number of halogens is 1. The molecule has 0 amide bonds. The minimum Gasteiger partial charge on any atom is -0.388 e. The van der Waals surface area contributed by atoms with E-state index in [1.807, 2.05) is 24.3 Å². The Morgan fingerprint density at radius 3 is 2.06 bits per heavy atom. The average Bonchev–Trinajstić information content (AvgIpc) is 3.59. The highest BCUT2D eigenvalue weighted by Gasteiger charge is 2.51. The summed E-state index contributed by atoms with van der Waals surface area (Å²) in [6.45, 7) is 5.21. The molecular formula is C25H33ClN6O2. The minimum absolute atomic E-state index is 0.211. The van der Waals surface area contributed by atoms with Gasteiger partial charge in [0, 0.05) is 5.02 Å². The van der Waals surface area contributed by atoms with Crippen molar-refractivity contribution < 1.29 is 10.2 Å². The van der Waals surface area contributed by atoms with E-state index in [4.69, 9.17) is 11.6 Å². The van der Waals surface area contributed by atoms with Crippen molar-refractivity contribution in [3.05, 3.63) is 65.7 Å². The molecule has 0 bridgehead atoms. The number of nitrogens with zero attached hydrogens (tertiary/aromatic N) is 6. The first-order valence-corrected chi connectivity index (χ1v) is 12.1. The van der Waals surface area contributed by atoms with Crippen LogP contribution in [-0.2, 0) is 13.1 Å². The zero-order chi connectivity index (χ0) is 24.2. The van der Waals surface area contributed by atoms with Crippen molar-refractivity contribution in [2.24, 2.45) is 5.41 Å². The molecule has 182 valence electrons. The Labute approximate surface area is 205 Å². The average molecular weight is 485 g/mol. The second-order valence-electron chi connectivity index (χ2n) is 10.1. The van der Waals surface area contributed by atoms with E-state index in [0.29, 0.717) is 18.1 Å². The van der Waals surface area contributed by atoms with E-state index in [1.165, 1.54) is 12.7 Å². The molecule has 2 aromatic heterocycles. The van der Waals surface area contributed by atoms with Gasteiger partial charge in [-0.25, -0.2) is 14.6 Å². The molecule has 1 unspecified atom stereocenters. The van der Waals surface area contributed by atoms with E-state index >= 15 is 0 Å². The number of aromatic nitrogens is 6. The summed E-state index contributed by atoms with van der Waals surface area (Å²) in [4.78, 5) is 7.80. The fourth-order valence-electron chi connectivity index (χ4n) is 4.92. The topological polar surface area (TPSA) is 102 Å². The van der Waals surface area contributed by atoms with Crippen LogP contribution >= 0.6 is 11.6 Å². The minimum atomic E-state index is -0.930. The van der Waals surface area contributed by atoms with Gasteiger partial charge in [-0.1, -0.05) is 56.5 Å². The third-order valence-electron chi connectivity index (χ3n) is 7.20. The van der Waals surface area contributed by atoms with Gasteiger partial charge < -0.3 is 10.2 Å². The molecule has 0 aliphatic heterocycles. The molecular weight excluding hydrogens is 452 g/mol. The molecule has 3 aromatic rings. The standard InChI is InChI=1S/C17H20ClN3O.C8H13N3O/c1-16(2)8-7-14(9-13-3-5-15(18)6-4-13)17(16,22)10-21-12-19-11-20-21;12-8(3-1-2-4-8)5-11-7-9-6-10-11/h3-6,9,11-12,22H,7-8,10H2,1-2H3;6-7,12H,1-5H2/b14-9+;. The molecule has 1 atom stereocenters. The van der Waals surface area contributed by atoms with Gasteiger partial charge in [0.15, 0.2) is 0 Å². The molecule has 2 heterocycles. The molecule has 2 aliphatic carbocycles. The van der Waals surface area contributed by atoms with Crippen LogP contribution in [0.15, 0.2) is 55.1 Å². The van der Waals surface area contributed by atoms with Gasteiger partial charge in [0.05, 0.1) is 18.7 Å². The number of aliphatic hydroxyl groups is 2. The van der Waals surface area contributed by atoms with E-state index in [9.17, 15) is 10.2 Å². The summed E-state index contributed by atoms with van der Waals surface area (Å²) in [6, 6.07) is 7.67. The van der Waals surface area contributed by atoms with E-state index in [-0.39, 0.29) is 5.41 Å². The molecule has 0 spiro atoms. The Hall–Kier alpha value is -2.55. The van der Waals surface area contributed by atoms with E-state index < -0.39 is 11.2 Å². The van der Waals surface area contributed by atoms with Crippen LogP contribution in [0.5, 0.6) is 0 Å². The summed E-state index contributed by atoms with van der Waals surface area (Å²) in [5.74, 6) is 0.